The molecule has 1 unspecified atom stereocenters. The van der Waals surface area contributed by atoms with E-state index in [1.165, 1.54) is 37.7 Å². The first-order valence-electron chi connectivity index (χ1n) is 11.1. The number of aromatic nitrogens is 3. The zero-order chi connectivity index (χ0) is 26.9. The van der Waals surface area contributed by atoms with E-state index in [4.69, 9.17) is 13.9 Å². The predicted octanol–water partition coefficient (Wildman–Crippen LogP) is 2.50. The van der Waals surface area contributed by atoms with Gasteiger partial charge < -0.3 is 23.9 Å². The lowest BCUT2D eigenvalue weighted by Gasteiger charge is -2.32. The fourth-order valence-electron chi connectivity index (χ4n) is 3.86. The largest absolute Gasteiger partial charge is 0.494 e. The number of rotatable bonds is 9. The van der Waals surface area contributed by atoms with Gasteiger partial charge in [-0.25, -0.2) is 12.8 Å². The second-order valence-electron chi connectivity index (χ2n) is 8.32. The topological polar surface area (TPSA) is 144 Å². The molecule has 0 amide bonds. The van der Waals surface area contributed by atoms with E-state index in [0.717, 1.165) is 12.4 Å². The third-order valence-corrected chi connectivity index (χ3v) is 7.58. The van der Waals surface area contributed by atoms with Crippen LogP contribution in [-0.4, -0.2) is 78.2 Å². The van der Waals surface area contributed by atoms with Crippen molar-refractivity contribution in [2.75, 3.05) is 26.0 Å². The van der Waals surface area contributed by atoms with Crippen LogP contribution >= 0.6 is 0 Å². The SMILES string of the molecule is COc1cccc(OC)c1-n1c(NS(=O)(=O)[C@@H](C)[C@@H](O)C2N=CC(F)=CN2C)nnc1-c1ccc(C)o1. The van der Waals surface area contributed by atoms with Crippen LogP contribution in [0.25, 0.3) is 17.3 Å². The minimum absolute atomic E-state index is 0.180. The monoisotopic (exact) mass is 534 g/mol. The summed E-state index contributed by atoms with van der Waals surface area (Å²) < 4.78 is 60.9. The number of aliphatic hydroxyl groups is 1. The maximum Gasteiger partial charge on any atom is 0.243 e. The molecule has 37 heavy (non-hydrogen) atoms. The smallest absolute Gasteiger partial charge is 0.243 e. The summed E-state index contributed by atoms with van der Waals surface area (Å²) in [6.45, 7) is 3.07. The molecule has 4 rings (SSSR count). The van der Waals surface area contributed by atoms with E-state index >= 15 is 0 Å². The zero-order valence-electron chi connectivity index (χ0n) is 20.8. The number of halogens is 1. The van der Waals surface area contributed by atoms with Crippen LogP contribution in [0.2, 0.25) is 0 Å². The van der Waals surface area contributed by atoms with Crippen LogP contribution < -0.4 is 14.2 Å². The Morgan fingerprint density at radius 3 is 2.41 bits per heavy atom. The third-order valence-electron chi connectivity index (χ3n) is 5.85. The van der Waals surface area contributed by atoms with E-state index in [2.05, 4.69) is 19.9 Å². The van der Waals surface area contributed by atoms with Gasteiger partial charge in [-0.3, -0.25) is 14.3 Å². The Morgan fingerprint density at radius 1 is 1.16 bits per heavy atom. The Balaban J connectivity index is 1.78. The van der Waals surface area contributed by atoms with Crippen molar-refractivity contribution in [1.29, 1.82) is 0 Å². The lowest BCUT2D eigenvalue weighted by atomic mass is 10.2. The Kier molecular flexibility index (Phi) is 7.23. The third kappa shape index (κ3) is 5.02. The summed E-state index contributed by atoms with van der Waals surface area (Å²) in [7, 11) is 0.119. The summed E-state index contributed by atoms with van der Waals surface area (Å²) in [5.74, 6) is 1.01. The van der Waals surface area contributed by atoms with Crippen molar-refractivity contribution in [3.8, 4) is 28.8 Å². The number of nitrogens with one attached hydrogen (secondary N) is 1. The number of aryl methyl sites for hydroxylation is 1. The molecular formula is C23H27FN6O6S. The van der Waals surface area contributed by atoms with Gasteiger partial charge in [0.15, 0.2) is 11.6 Å². The van der Waals surface area contributed by atoms with E-state index in [-0.39, 0.29) is 11.8 Å². The first-order chi connectivity index (χ1) is 17.6. The van der Waals surface area contributed by atoms with Crippen LogP contribution in [0, 0.1) is 6.92 Å². The molecule has 0 saturated carbocycles. The van der Waals surface area contributed by atoms with Gasteiger partial charge in [0.1, 0.15) is 40.5 Å². The molecule has 0 radical (unpaired) electrons. The van der Waals surface area contributed by atoms with Gasteiger partial charge in [-0.05, 0) is 38.1 Å². The normalized spacial score (nSPS) is 17.3. The average Bonchev–Trinajstić information content (AvgIpc) is 3.47. The molecule has 0 saturated heterocycles. The van der Waals surface area contributed by atoms with Crippen molar-refractivity contribution in [1.82, 2.24) is 19.7 Å². The minimum atomic E-state index is -4.28. The van der Waals surface area contributed by atoms with Gasteiger partial charge in [0, 0.05) is 13.2 Å². The van der Waals surface area contributed by atoms with Crippen molar-refractivity contribution in [3.05, 3.63) is 48.1 Å². The number of anilines is 1. The number of nitrogens with zero attached hydrogens (tertiary/aromatic N) is 5. The number of aliphatic imine (C=N–C) groups is 1. The molecule has 14 heteroatoms. The summed E-state index contributed by atoms with van der Waals surface area (Å²) in [6, 6.07) is 8.45. The van der Waals surface area contributed by atoms with Crippen LogP contribution in [0.5, 0.6) is 11.5 Å². The van der Waals surface area contributed by atoms with Crippen molar-refractivity contribution in [3.63, 3.8) is 0 Å². The van der Waals surface area contributed by atoms with Crippen LogP contribution in [-0.2, 0) is 10.0 Å². The molecule has 12 nitrogen and oxygen atoms in total. The molecule has 0 fully saturated rings. The number of hydrogen-bond donors (Lipinski definition) is 2. The second kappa shape index (κ2) is 10.2. The van der Waals surface area contributed by atoms with Gasteiger partial charge in [0.25, 0.3) is 0 Å². The van der Waals surface area contributed by atoms with Crippen molar-refractivity contribution < 1.29 is 31.8 Å². The van der Waals surface area contributed by atoms with Crippen LogP contribution in [0.4, 0.5) is 10.3 Å². The Bertz CT molecular complexity index is 1430. The molecule has 3 atom stereocenters. The van der Waals surface area contributed by atoms with Crippen molar-refractivity contribution in [2.45, 2.75) is 31.4 Å². The van der Waals surface area contributed by atoms with E-state index in [0.29, 0.717) is 28.7 Å². The van der Waals surface area contributed by atoms with Gasteiger partial charge in [0.05, 0.1) is 20.4 Å². The first kappa shape index (κ1) is 26.2. The van der Waals surface area contributed by atoms with Gasteiger partial charge >= 0.3 is 0 Å². The highest BCUT2D eigenvalue weighted by molar-refractivity contribution is 7.93. The average molecular weight is 535 g/mol. The lowest BCUT2D eigenvalue weighted by molar-refractivity contribution is 0.0868. The lowest BCUT2D eigenvalue weighted by Crippen LogP contribution is -2.48. The number of furan rings is 1. The molecule has 2 N–H and O–H groups in total. The van der Waals surface area contributed by atoms with Crippen molar-refractivity contribution >= 4 is 22.2 Å². The molecule has 3 aromatic rings. The van der Waals surface area contributed by atoms with Crippen LogP contribution in [0.1, 0.15) is 12.7 Å². The molecule has 3 heterocycles. The number of aliphatic hydroxyl groups excluding tert-OH is 1. The summed E-state index contributed by atoms with van der Waals surface area (Å²) in [6.07, 6.45) is -0.467. The maximum absolute atomic E-state index is 13.5. The molecule has 0 spiro atoms. The zero-order valence-corrected chi connectivity index (χ0v) is 21.6. The van der Waals surface area contributed by atoms with Crippen LogP contribution in [0.15, 0.2) is 51.8 Å². The van der Waals surface area contributed by atoms with Crippen LogP contribution in [0.3, 0.4) is 0 Å². The molecule has 0 bridgehead atoms. The number of methoxy groups -OCH3 is 2. The fourth-order valence-corrected chi connectivity index (χ4v) is 4.94. The van der Waals surface area contributed by atoms with Crippen molar-refractivity contribution in [2.24, 2.45) is 4.99 Å². The van der Waals surface area contributed by atoms with E-state index in [1.807, 2.05) is 0 Å². The van der Waals surface area contributed by atoms with E-state index in [9.17, 15) is 17.9 Å². The number of sulfonamides is 1. The number of ether oxygens (including phenoxy) is 2. The standard InChI is InChI=1S/C23H27FN6O6S/c1-13-9-10-18(36-13)21-26-27-23(30(21)19-16(34-4)7-6-8-17(19)35-5)28-37(32,33)14(2)20(31)22-25-11-15(24)12-29(22)3/h6-12,14,20,22,31H,1-5H3,(H,27,28)/t14-,20+,22?/m0/s1. The molecule has 1 aromatic carbocycles. The van der Waals surface area contributed by atoms with Gasteiger partial charge in [0.2, 0.25) is 21.8 Å². The summed E-state index contributed by atoms with van der Waals surface area (Å²) >= 11 is 0. The number of para-hydroxylation sites is 1. The van der Waals surface area contributed by atoms with E-state index in [1.54, 1.807) is 37.3 Å². The predicted molar refractivity (Wildman–Crippen MR) is 134 cm³/mol. The number of hydrogen-bond acceptors (Lipinski definition) is 10. The van der Waals surface area contributed by atoms with Gasteiger partial charge in [-0.15, -0.1) is 10.2 Å². The maximum atomic E-state index is 13.5. The minimum Gasteiger partial charge on any atom is -0.494 e. The number of benzene rings is 1. The summed E-state index contributed by atoms with van der Waals surface area (Å²) in [4.78, 5) is 5.22. The molecule has 1 aliphatic rings. The second-order valence-corrected chi connectivity index (χ2v) is 10.4. The highest BCUT2D eigenvalue weighted by Gasteiger charge is 2.37. The summed E-state index contributed by atoms with van der Waals surface area (Å²) in [5.41, 5.74) is 0.324. The molecule has 1 aliphatic heterocycles. The highest BCUT2D eigenvalue weighted by Crippen LogP contribution is 2.38. The Morgan fingerprint density at radius 2 is 1.84 bits per heavy atom. The Labute approximate surface area is 213 Å². The molecule has 0 aliphatic carbocycles. The number of likely N-dealkylation sites (N-methyl/N-ethyl adjacent to an activating group) is 1. The Hall–Kier alpha value is -3.91. The van der Waals surface area contributed by atoms with Gasteiger partial charge in [-0.2, -0.15) is 0 Å². The van der Waals surface area contributed by atoms with E-state index < -0.39 is 33.4 Å². The molecule has 198 valence electrons. The molecule has 2 aromatic heterocycles. The number of allylic oxidation sites excluding steroid dienone is 1. The summed E-state index contributed by atoms with van der Waals surface area (Å²) in [5, 5.41) is 17.7. The van der Waals surface area contributed by atoms with Gasteiger partial charge in [-0.1, -0.05) is 6.07 Å². The highest BCUT2D eigenvalue weighted by atomic mass is 32.2. The first-order valence-corrected chi connectivity index (χ1v) is 12.7. The molecular weight excluding hydrogens is 507 g/mol. The quantitative estimate of drug-likeness (QED) is 0.423. The fraction of sp³-hybridized carbons (Fsp3) is 0.348.